The van der Waals surface area contributed by atoms with Crippen molar-refractivity contribution in [1.82, 2.24) is 15.2 Å². The van der Waals surface area contributed by atoms with E-state index >= 15 is 0 Å². The number of halogens is 1. The second-order valence-corrected chi connectivity index (χ2v) is 6.13. The Morgan fingerprint density at radius 3 is 2.88 bits per heavy atom. The summed E-state index contributed by atoms with van der Waals surface area (Å²) in [4.78, 5) is 27.7. The average Bonchev–Trinajstić information content (AvgIpc) is 3.03. The number of rotatable bonds is 5. The van der Waals surface area contributed by atoms with Crippen molar-refractivity contribution in [3.8, 4) is 0 Å². The second-order valence-electron chi connectivity index (χ2n) is 6.13. The summed E-state index contributed by atoms with van der Waals surface area (Å²) >= 11 is 0. The van der Waals surface area contributed by atoms with Crippen molar-refractivity contribution in [2.75, 3.05) is 19.6 Å². The quantitative estimate of drug-likeness (QED) is 0.879. The maximum absolute atomic E-state index is 13.7. The Hall–Kier alpha value is -2.47. The van der Waals surface area contributed by atoms with Crippen LogP contribution in [0.5, 0.6) is 0 Å². The summed E-state index contributed by atoms with van der Waals surface area (Å²) in [6.07, 6.45) is 2.39. The molecule has 24 heavy (non-hydrogen) atoms. The lowest BCUT2D eigenvalue weighted by Gasteiger charge is -2.16. The fourth-order valence-electron chi connectivity index (χ4n) is 2.98. The fourth-order valence-corrected chi connectivity index (χ4v) is 2.98. The van der Waals surface area contributed by atoms with E-state index in [2.05, 4.69) is 15.2 Å². The van der Waals surface area contributed by atoms with E-state index in [0.29, 0.717) is 30.1 Å². The number of nitrogens with one attached hydrogen (secondary N) is 2. The number of carbonyl (C=O) groups is 1. The number of pyridine rings is 1. The van der Waals surface area contributed by atoms with Crippen molar-refractivity contribution in [3.63, 3.8) is 0 Å². The summed E-state index contributed by atoms with van der Waals surface area (Å²) in [5.74, 6) is -0.0189. The van der Waals surface area contributed by atoms with Crippen LogP contribution >= 0.6 is 0 Å². The largest absolute Gasteiger partial charge is 0.352 e. The van der Waals surface area contributed by atoms with Gasteiger partial charge in [0.1, 0.15) is 5.82 Å². The summed E-state index contributed by atoms with van der Waals surface area (Å²) in [5.41, 5.74) is 0.914. The molecule has 5 nitrogen and oxygen atoms in total. The zero-order valence-corrected chi connectivity index (χ0v) is 13.3. The smallest absolute Gasteiger partial charge is 0.252 e. The Morgan fingerprint density at radius 2 is 2.12 bits per heavy atom. The number of hydrogen-bond donors (Lipinski definition) is 2. The van der Waals surface area contributed by atoms with Crippen LogP contribution in [0.4, 0.5) is 4.39 Å². The van der Waals surface area contributed by atoms with E-state index < -0.39 is 0 Å². The molecule has 1 fully saturated rings. The normalized spacial score (nSPS) is 17.8. The van der Waals surface area contributed by atoms with Crippen molar-refractivity contribution >= 4 is 5.91 Å². The number of aromatic nitrogens is 1. The summed E-state index contributed by atoms with van der Waals surface area (Å²) in [6, 6.07) is 9.66. The first-order chi connectivity index (χ1) is 11.6. The Kier molecular flexibility index (Phi) is 5.05. The van der Waals surface area contributed by atoms with Crippen LogP contribution in [0.25, 0.3) is 0 Å². The Labute approximate surface area is 139 Å². The highest BCUT2D eigenvalue weighted by Crippen LogP contribution is 2.19. The predicted molar refractivity (Wildman–Crippen MR) is 89.2 cm³/mol. The molecule has 0 radical (unpaired) electrons. The van der Waals surface area contributed by atoms with Crippen LogP contribution in [0.1, 0.15) is 22.3 Å². The van der Waals surface area contributed by atoms with Crippen LogP contribution < -0.4 is 10.9 Å². The first kappa shape index (κ1) is 16.4. The molecule has 126 valence electrons. The van der Waals surface area contributed by atoms with Gasteiger partial charge in [-0.25, -0.2) is 4.39 Å². The van der Waals surface area contributed by atoms with Crippen LogP contribution in [-0.4, -0.2) is 35.4 Å². The predicted octanol–water partition coefficient (Wildman–Crippen LogP) is 1.77. The van der Waals surface area contributed by atoms with Gasteiger partial charge in [0, 0.05) is 37.5 Å². The van der Waals surface area contributed by atoms with Crippen molar-refractivity contribution in [3.05, 3.63) is 69.9 Å². The molecule has 1 amide bonds. The van der Waals surface area contributed by atoms with Crippen LogP contribution in [0.3, 0.4) is 0 Å². The molecule has 2 heterocycles. The summed E-state index contributed by atoms with van der Waals surface area (Å²) in [5, 5.41) is 2.89. The number of amides is 1. The molecule has 0 aliphatic carbocycles. The molecule has 1 aromatic carbocycles. The molecule has 1 aliphatic rings. The highest BCUT2D eigenvalue weighted by atomic mass is 19.1. The maximum Gasteiger partial charge on any atom is 0.252 e. The van der Waals surface area contributed by atoms with Crippen LogP contribution in [0.15, 0.2) is 47.4 Å². The molecule has 2 N–H and O–H groups in total. The molecule has 1 saturated heterocycles. The third kappa shape index (κ3) is 4.08. The molecule has 1 aliphatic heterocycles. The van der Waals surface area contributed by atoms with E-state index in [9.17, 15) is 14.0 Å². The molecule has 0 saturated carbocycles. The van der Waals surface area contributed by atoms with Gasteiger partial charge in [-0.2, -0.15) is 0 Å². The molecular weight excluding hydrogens is 309 g/mol. The molecular formula is C18H20FN3O2. The maximum atomic E-state index is 13.7. The zero-order valence-electron chi connectivity index (χ0n) is 13.3. The van der Waals surface area contributed by atoms with Crippen molar-refractivity contribution < 1.29 is 9.18 Å². The average molecular weight is 329 g/mol. The van der Waals surface area contributed by atoms with Crippen molar-refractivity contribution in [1.29, 1.82) is 0 Å². The van der Waals surface area contributed by atoms with Crippen molar-refractivity contribution in [2.45, 2.75) is 13.0 Å². The Morgan fingerprint density at radius 1 is 1.29 bits per heavy atom. The lowest BCUT2D eigenvalue weighted by molar-refractivity contribution is 0.0947. The minimum atomic E-state index is -0.230. The van der Waals surface area contributed by atoms with Gasteiger partial charge in [-0.05, 0) is 31.0 Å². The molecule has 6 heteroatoms. The number of likely N-dealkylation sites (tertiary alicyclic amines) is 1. The van der Waals surface area contributed by atoms with Gasteiger partial charge in [-0.1, -0.05) is 18.2 Å². The molecule has 2 aromatic rings. The highest BCUT2D eigenvalue weighted by Gasteiger charge is 2.23. The Bertz CT molecular complexity index is 754. The van der Waals surface area contributed by atoms with E-state index in [1.165, 1.54) is 24.4 Å². The number of nitrogens with zero attached hydrogens (tertiary/aromatic N) is 1. The van der Waals surface area contributed by atoms with Gasteiger partial charge in [0.25, 0.3) is 5.91 Å². The monoisotopic (exact) mass is 329 g/mol. The number of H-pyrrole nitrogens is 1. The fraction of sp³-hybridized carbons (Fsp3) is 0.333. The second kappa shape index (κ2) is 7.40. The van der Waals surface area contributed by atoms with E-state index in [1.54, 1.807) is 12.1 Å². The summed E-state index contributed by atoms with van der Waals surface area (Å²) < 4.78 is 13.7. The number of aromatic amines is 1. The third-order valence-corrected chi connectivity index (χ3v) is 4.32. The Balaban J connectivity index is 1.48. The number of carbonyl (C=O) groups excluding carboxylic acids is 1. The van der Waals surface area contributed by atoms with E-state index in [1.807, 2.05) is 6.07 Å². The molecule has 0 unspecified atom stereocenters. The van der Waals surface area contributed by atoms with Crippen molar-refractivity contribution in [2.24, 2.45) is 5.92 Å². The topological polar surface area (TPSA) is 65.2 Å². The van der Waals surface area contributed by atoms with Gasteiger partial charge in [0.2, 0.25) is 5.56 Å². The van der Waals surface area contributed by atoms with Gasteiger partial charge in [-0.3, -0.25) is 14.5 Å². The number of hydrogen-bond acceptors (Lipinski definition) is 3. The summed E-state index contributed by atoms with van der Waals surface area (Å²) in [6.45, 7) is 2.90. The van der Waals surface area contributed by atoms with E-state index in [0.717, 1.165) is 19.5 Å². The standard InChI is InChI=1S/C18H20FN3O2/c19-16-4-2-1-3-15(16)12-22-8-7-13(11-22)9-21-18(24)14-5-6-17(23)20-10-14/h1-6,10,13H,7-9,11-12H2,(H,20,23)(H,21,24)/t13-/m1/s1. The van der Waals surface area contributed by atoms with Gasteiger partial charge in [0.15, 0.2) is 0 Å². The first-order valence-corrected chi connectivity index (χ1v) is 8.04. The van der Waals surface area contributed by atoms with Gasteiger partial charge < -0.3 is 10.3 Å². The number of benzene rings is 1. The minimum absolute atomic E-state index is 0.174. The van der Waals surface area contributed by atoms with Gasteiger partial charge in [-0.15, -0.1) is 0 Å². The molecule has 1 atom stereocenters. The van der Waals surface area contributed by atoms with Gasteiger partial charge >= 0.3 is 0 Å². The molecule has 0 spiro atoms. The molecule has 0 bridgehead atoms. The SMILES string of the molecule is O=C(NC[C@H]1CCN(Cc2ccccc2F)C1)c1ccc(=O)[nH]c1. The van der Waals surface area contributed by atoms with E-state index in [4.69, 9.17) is 0 Å². The van der Waals surface area contributed by atoms with Crippen LogP contribution in [0, 0.1) is 11.7 Å². The third-order valence-electron chi connectivity index (χ3n) is 4.32. The first-order valence-electron chi connectivity index (χ1n) is 8.04. The minimum Gasteiger partial charge on any atom is -0.352 e. The van der Waals surface area contributed by atoms with Gasteiger partial charge in [0.05, 0.1) is 5.56 Å². The van der Waals surface area contributed by atoms with Crippen LogP contribution in [-0.2, 0) is 6.54 Å². The lowest BCUT2D eigenvalue weighted by atomic mass is 10.1. The zero-order chi connectivity index (χ0) is 16.9. The summed E-state index contributed by atoms with van der Waals surface area (Å²) in [7, 11) is 0. The lowest BCUT2D eigenvalue weighted by Crippen LogP contribution is -2.31. The molecule has 1 aromatic heterocycles. The molecule has 3 rings (SSSR count). The van der Waals surface area contributed by atoms with E-state index in [-0.39, 0.29) is 17.3 Å². The van der Waals surface area contributed by atoms with Crippen LogP contribution in [0.2, 0.25) is 0 Å². The highest BCUT2D eigenvalue weighted by molar-refractivity contribution is 5.93.